The molecule has 0 unspecified atom stereocenters. The summed E-state index contributed by atoms with van der Waals surface area (Å²) in [5.74, 6) is 0.375. The zero-order valence-corrected chi connectivity index (χ0v) is 20.3. The minimum Gasteiger partial charge on any atom is -0.493 e. The number of ether oxygens (including phenoxy) is 1. The molecule has 2 aromatic carbocycles. The maximum absolute atomic E-state index is 13.3. The van der Waals surface area contributed by atoms with Gasteiger partial charge in [-0.15, -0.1) is 0 Å². The number of amides is 2. The molecule has 6 nitrogen and oxygen atoms in total. The van der Waals surface area contributed by atoms with Gasteiger partial charge in [0.25, 0.3) is 5.91 Å². The number of rotatable bonds is 6. The molecule has 0 aromatic heterocycles. The zero-order chi connectivity index (χ0) is 24.1. The molecule has 8 heteroatoms. The predicted molar refractivity (Wildman–Crippen MR) is 130 cm³/mol. The Hall–Kier alpha value is -2.64. The SMILES string of the molecule is CN1CCN(C(=O)CC2(COc3ccc(Cl)cc3)CCN(C(=O)c3ccc(F)cc3)CC2)CC1. The highest BCUT2D eigenvalue weighted by Gasteiger charge is 2.40. The Morgan fingerprint density at radius 3 is 2.15 bits per heavy atom. The van der Waals surface area contributed by atoms with Crippen LogP contribution in [-0.4, -0.2) is 79.4 Å². The first kappa shape index (κ1) is 24.5. The highest BCUT2D eigenvalue weighted by Crippen LogP contribution is 2.37. The molecule has 0 N–H and O–H groups in total. The quantitative estimate of drug-likeness (QED) is 0.619. The summed E-state index contributed by atoms with van der Waals surface area (Å²) in [5, 5.41) is 0.639. The van der Waals surface area contributed by atoms with Crippen molar-refractivity contribution in [3.8, 4) is 5.75 Å². The summed E-state index contributed by atoms with van der Waals surface area (Å²) in [6.07, 6.45) is 1.71. The Morgan fingerprint density at radius 1 is 0.912 bits per heavy atom. The van der Waals surface area contributed by atoms with Gasteiger partial charge in [0.05, 0.1) is 6.61 Å². The molecule has 0 spiro atoms. The van der Waals surface area contributed by atoms with Gasteiger partial charge in [0.2, 0.25) is 5.91 Å². The smallest absolute Gasteiger partial charge is 0.253 e. The van der Waals surface area contributed by atoms with E-state index in [0.29, 0.717) is 55.3 Å². The van der Waals surface area contributed by atoms with Gasteiger partial charge in [0.1, 0.15) is 11.6 Å². The maximum atomic E-state index is 13.3. The fourth-order valence-electron chi connectivity index (χ4n) is 4.59. The normalized spacial score (nSPS) is 18.6. The zero-order valence-electron chi connectivity index (χ0n) is 19.5. The number of halogens is 2. The molecular weight excluding hydrogens is 457 g/mol. The number of piperazine rings is 1. The molecule has 2 heterocycles. The van der Waals surface area contributed by atoms with Gasteiger partial charge in [-0.05, 0) is 68.4 Å². The van der Waals surface area contributed by atoms with Crippen molar-refractivity contribution >= 4 is 23.4 Å². The lowest BCUT2D eigenvalue weighted by molar-refractivity contribution is -0.136. The van der Waals surface area contributed by atoms with Crippen molar-refractivity contribution in [3.05, 3.63) is 64.9 Å². The average molecular weight is 488 g/mol. The third-order valence-electron chi connectivity index (χ3n) is 6.94. The van der Waals surface area contributed by atoms with Crippen LogP contribution in [0.25, 0.3) is 0 Å². The van der Waals surface area contributed by atoms with Gasteiger partial charge in [-0.25, -0.2) is 4.39 Å². The lowest BCUT2D eigenvalue weighted by Gasteiger charge is -2.42. The molecule has 2 aliphatic rings. The molecule has 2 fully saturated rings. The predicted octanol–water partition coefficient (Wildman–Crippen LogP) is 3.94. The second-order valence-electron chi connectivity index (χ2n) is 9.40. The highest BCUT2D eigenvalue weighted by molar-refractivity contribution is 6.30. The molecule has 0 aliphatic carbocycles. The van der Waals surface area contributed by atoms with Crippen molar-refractivity contribution < 1.29 is 18.7 Å². The van der Waals surface area contributed by atoms with E-state index in [1.54, 1.807) is 17.0 Å². The molecule has 2 saturated heterocycles. The summed E-state index contributed by atoms with van der Waals surface area (Å²) in [5.41, 5.74) is 0.111. The second-order valence-corrected chi connectivity index (χ2v) is 9.84. The van der Waals surface area contributed by atoms with E-state index in [1.165, 1.54) is 24.3 Å². The van der Waals surface area contributed by atoms with E-state index >= 15 is 0 Å². The van der Waals surface area contributed by atoms with Crippen LogP contribution in [0.1, 0.15) is 29.6 Å². The van der Waals surface area contributed by atoms with Gasteiger partial charge >= 0.3 is 0 Å². The first-order valence-electron chi connectivity index (χ1n) is 11.7. The summed E-state index contributed by atoms with van der Waals surface area (Å²) in [7, 11) is 2.07. The number of carbonyl (C=O) groups is 2. The number of likely N-dealkylation sites (tertiary alicyclic amines) is 1. The fraction of sp³-hybridized carbons (Fsp3) is 0.462. The number of nitrogens with zero attached hydrogens (tertiary/aromatic N) is 3. The van der Waals surface area contributed by atoms with E-state index in [-0.39, 0.29) is 23.0 Å². The Morgan fingerprint density at radius 2 is 1.53 bits per heavy atom. The number of benzene rings is 2. The number of likely N-dealkylation sites (N-methyl/N-ethyl adjacent to an activating group) is 1. The van der Waals surface area contributed by atoms with Crippen molar-refractivity contribution in [2.75, 3.05) is 52.9 Å². The standard InChI is InChI=1S/C26H31ClFN3O3/c1-29-14-16-30(17-15-29)24(32)18-26(19-34-23-8-4-21(27)5-9-23)10-12-31(13-11-26)25(33)20-2-6-22(28)7-3-20/h2-9H,10-19H2,1H3. The van der Waals surface area contributed by atoms with E-state index in [4.69, 9.17) is 16.3 Å². The number of hydrogen-bond acceptors (Lipinski definition) is 4. The van der Waals surface area contributed by atoms with E-state index in [2.05, 4.69) is 11.9 Å². The summed E-state index contributed by atoms with van der Waals surface area (Å²) in [6.45, 7) is 4.66. The van der Waals surface area contributed by atoms with Gasteiger partial charge in [0, 0.05) is 61.7 Å². The first-order valence-corrected chi connectivity index (χ1v) is 12.1. The van der Waals surface area contributed by atoms with Gasteiger partial charge in [-0.1, -0.05) is 11.6 Å². The van der Waals surface area contributed by atoms with Gasteiger partial charge in [-0.3, -0.25) is 9.59 Å². The molecule has 0 radical (unpaired) electrons. The Kier molecular flexibility index (Phi) is 7.73. The van der Waals surface area contributed by atoms with Crippen LogP contribution in [0.3, 0.4) is 0 Å². The van der Waals surface area contributed by atoms with E-state index < -0.39 is 0 Å². The van der Waals surface area contributed by atoms with Crippen LogP contribution in [0.5, 0.6) is 5.75 Å². The molecule has 2 aromatic rings. The van der Waals surface area contributed by atoms with Crippen molar-refractivity contribution in [2.45, 2.75) is 19.3 Å². The van der Waals surface area contributed by atoms with Crippen LogP contribution >= 0.6 is 11.6 Å². The third-order valence-corrected chi connectivity index (χ3v) is 7.20. The maximum Gasteiger partial charge on any atom is 0.253 e. The first-order chi connectivity index (χ1) is 16.3. The van der Waals surface area contributed by atoms with Crippen LogP contribution < -0.4 is 4.74 Å². The molecular formula is C26H31ClFN3O3. The molecule has 0 atom stereocenters. The minimum atomic E-state index is -0.365. The molecule has 0 bridgehead atoms. The minimum absolute atomic E-state index is 0.113. The van der Waals surface area contributed by atoms with Crippen molar-refractivity contribution in [1.29, 1.82) is 0 Å². The lowest BCUT2D eigenvalue weighted by Crippen LogP contribution is -2.51. The molecule has 2 amide bonds. The van der Waals surface area contributed by atoms with Crippen LogP contribution in [0, 0.1) is 11.2 Å². The third kappa shape index (κ3) is 6.07. The topological polar surface area (TPSA) is 53.1 Å². The number of piperidine rings is 1. The van der Waals surface area contributed by atoms with Crippen LogP contribution in [0.4, 0.5) is 4.39 Å². The Labute approximate surface area is 205 Å². The van der Waals surface area contributed by atoms with Gasteiger partial charge < -0.3 is 19.4 Å². The van der Waals surface area contributed by atoms with Crippen LogP contribution in [0.15, 0.2) is 48.5 Å². The molecule has 34 heavy (non-hydrogen) atoms. The summed E-state index contributed by atoms with van der Waals surface area (Å²) in [4.78, 5) is 32.1. The number of hydrogen-bond donors (Lipinski definition) is 0. The second kappa shape index (κ2) is 10.7. The Bertz CT molecular complexity index is 983. The monoisotopic (exact) mass is 487 g/mol. The fourth-order valence-corrected chi connectivity index (χ4v) is 4.71. The summed E-state index contributed by atoms with van der Waals surface area (Å²) in [6, 6.07) is 12.8. The van der Waals surface area contributed by atoms with E-state index in [9.17, 15) is 14.0 Å². The molecule has 2 aliphatic heterocycles. The Balaban J connectivity index is 1.44. The van der Waals surface area contributed by atoms with E-state index in [1.807, 2.05) is 17.0 Å². The van der Waals surface area contributed by atoms with E-state index in [0.717, 1.165) is 26.2 Å². The van der Waals surface area contributed by atoms with Crippen LogP contribution in [0.2, 0.25) is 5.02 Å². The van der Waals surface area contributed by atoms with Crippen molar-refractivity contribution in [2.24, 2.45) is 5.41 Å². The van der Waals surface area contributed by atoms with Gasteiger partial charge in [0.15, 0.2) is 0 Å². The number of carbonyl (C=O) groups excluding carboxylic acids is 2. The van der Waals surface area contributed by atoms with Crippen molar-refractivity contribution in [3.63, 3.8) is 0 Å². The molecule has 4 rings (SSSR count). The van der Waals surface area contributed by atoms with Crippen molar-refractivity contribution in [1.82, 2.24) is 14.7 Å². The highest BCUT2D eigenvalue weighted by atomic mass is 35.5. The summed E-state index contributed by atoms with van der Waals surface area (Å²) < 4.78 is 19.4. The van der Waals surface area contributed by atoms with Crippen LogP contribution in [-0.2, 0) is 4.79 Å². The van der Waals surface area contributed by atoms with Gasteiger partial charge in [-0.2, -0.15) is 0 Å². The molecule has 182 valence electrons. The molecule has 0 saturated carbocycles. The average Bonchev–Trinajstić information content (AvgIpc) is 2.85. The largest absolute Gasteiger partial charge is 0.493 e. The lowest BCUT2D eigenvalue weighted by atomic mass is 9.75. The summed E-state index contributed by atoms with van der Waals surface area (Å²) >= 11 is 5.99.